The van der Waals surface area contributed by atoms with Crippen LogP contribution in [0.3, 0.4) is 0 Å². The number of nitrogens with one attached hydrogen (secondary N) is 1. The van der Waals surface area contributed by atoms with Gasteiger partial charge in [-0.15, -0.1) is 0 Å². The third-order valence-corrected chi connectivity index (χ3v) is 2.96. The number of halogens is 3. The van der Waals surface area contributed by atoms with Gasteiger partial charge in [0.25, 0.3) is 0 Å². The fourth-order valence-electron chi connectivity index (χ4n) is 1.81. The Bertz CT molecular complexity index is 492. The van der Waals surface area contributed by atoms with Crippen molar-refractivity contribution in [1.29, 1.82) is 0 Å². The van der Waals surface area contributed by atoms with Gasteiger partial charge in [0.15, 0.2) is 0 Å². The Hall–Kier alpha value is -1.56. The summed E-state index contributed by atoms with van der Waals surface area (Å²) < 4.78 is 37.9. The van der Waals surface area contributed by atoms with Crippen LogP contribution in [0.1, 0.15) is 31.9 Å². The molecule has 6 heteroatoms. The molecule has 0 spiro atoms. The summed E-state index contributed by atoms with van der Waals surface area (Å²) in [6, 6.07) is 5.04. The molecule has 0 aromatic heterocycles. The molecule has 0 fully saturated rings. The van der Waals surface area contributed by atoms with Crippen molar-refractivity contribution in [1.82, 2.24) is 5.32 Å². The Balaban J connectivity index is 2.66. The van der Waals surface area contributed by atoms with Gasteiger partial charge in [-0.05, 0) is 31.9 Å². The second kappa shape index (κ2) is 6.47. The van der Waals surface area contributed by atoms with Crippen molar-refractivity contribution in [2.45, 2.75) is 38.9 Å². The highest BCUT2D eigenvalue weighted by molar-refractivity contribution is 5.78. The third kappa shape index (κ3) is 6.16. The maximum atomic E-state index is 12.6. The van der Waals surface area contributed by atoms with Crippen LogP contribution in [0.25, 0.3) is 0 Å². The zero-order chi connectivity index (χ0) is 16.3. The Kier molecular flexibility index (Phi) is 5.39. The molecule has 0 bridgehead atoms. The number of rotatable bonds is 5. The molecule has 118 valence electrons. The summed E-state index contributed by atoms with van der Waals surface area (Å²) in [5, 5.41) is 2.70. The molecule has 0 aliphatic carbocycles. The van der Waals surface area contributed by atoms with E-state index in [0.717, 1.165) is 12.1 Å². The molecule has 1 aromatic rings. The van der Waals surface area contributed by atoms with Crippen LogP contribution in [-0.4, -0.2) is 18.0 Å². The lowest BCUT2D eigenvalue weighted by Gasteiger charge is -2.21. The quantitative estimate of drug-likeness (QED) is 0.878. The number of carbonyl (C=O) groups is 1. The summed E-state index contributed by atoms with van der Waals surface area (Å²) in [6.07, 6.45) is -4.12. The van der Waals surface area contributed by atoms with Gasteiger partial charge in [-0.1, -0.05) is 25.1 Å². The van der Waals surface area contributed by atoms with E-state index in [0.29, 0.717) is 12.1 Å². The molecule has 1 aromatic carbocycles. The molecule has 3 N–H and O–H groups in total. The fourth-order valence-corrected chi connectivity index (χ4v) is 1.81. The van der Waals surface area contributed by atoms with E-state index in [1.165, 1.54) is 6.07 Å². The van der Waals surface area contributed by atoms with E-state index in [4.69, 9.17) is 5.73 Å². The van der Waals surface area contributed by atoms with Crippen LogP contribution in [-0.2, 0) is 17.4 Å². The van der Waals surface area contributed by atoms with Gasteiger partial charge in [0.05, 0.1) is 5.56 Å². The van der Waals surface area contributed by atoms with Crippen LogP contribution in [0.2, 0.25) is 0 Å². The summed E-state index contributed by atoms with van der Waals surface area (Å²) in [5.74, 6) is -0.637. The summed E-state index contributed by atoms with van der Waals surface area (Å²) in [6.45, 7) is 5.56. The summed E-state index contributed by atoms with van der Waals surface area (Å²) >= 11 is 0. The van der Waals surface area contributed by atoms with Crippen LogP contribution in [0, 0.1) is 5.92 Å². The molecule has 1 unspecified atom stereocenters. The zero-order valence-corrected chi connectivity index (χ0v) is 12.4. The van der Waals surface area contributed by atoms with E-state index >= 15 is 0 Å². The Morgan fingerprint density at radius 1 is 1.33 bits per heavy atom. The van der Waals surface area contributed by atoms with E-state index in [9.17, 15) is 18.0 Å². The predicted octanol–water partition coefficient (Wildman–Crippen LogP) is 2.74. The second-order valence-corrected chi connectivity index (χ2v) is 6.01. The van der Waals surface area contributed by atoms with Crippen molar-refractivity contribution < 1.29 is 18.0 Å². The highest BCUT2D eigenvalue weighted by atomic mass is 19.4. The minimum absolute atomic E-state index is 0.217. The first-order valence-corrected chi connectivity index (χ1v) is 6.72. The minimum atomic E-state index is -4.37. The van der Waals surface area contributed by atoms with Crippen LogP contribution in [0.5, 0.6) is 0 Å². The largest absolute Gasteiger partial charge is 0.416 e. The van der Waals surface area contributed by atoms with Gasteiger partial charge in [0.2, 0.25) is 5.91 Å². The van der Waals surface area contributed by atoms with Crippen molar-refractivity contribution in [2.24, 2.45) is 11.7 Å². The number of hydrogen-bond acceptors (Lipinski definition) is 2. The minimum Gasteiger partial charge on any atom is -0.354 e. The Morgan fingerprint density at radius 2 is 1.95 bits per heavy atom. The molecule has 1 amide bonds. The van der Waals surface area contributed by atoms with Crippen molar-refractivity contribution >= 4 is 5.91 Å². The van der Waals surface area contributed by atoms with Gasteiger partial charge in [-0.2, -0.15) is 13.2 Å². The lowest BCUT2D eigenvalue weighted by molar-refractivity contribution is -0.137. The van der Waals surface area contributed by atoms with Gasteiger partial charge in [-0.3, -0.25) is 4.79 Å². The van der Waals surface area contributed by atoms with Gasteiger partial charge in [0.1, 0.15) is 0 Å². The lowest BCUT2D eigenvalue weighted by atomic mass is 9.98. The average Bonchev–Trinajstić information content (AvgIpc) is 2.34. The maximum absolute atomic E-state index is 12.6. The topological polar surface area (TPSA) is 55.1 Å². The van der Waals surface area contributed by atoms with E-state index < -0.39 is 23.2 Å². The third-order valence-electron chi connectivity index (χ3n) is 2.96. The average molecular weight is 302 g/mol. The van der Waals surface area contributed by atoms with Crippen molar-refractivity contribution in [3.05, 3.63) is 35.4 Å². The molecule has 0 saturated heterocycles. The van der Waals surface area contributed by atoms with Crippen molar-refractivity contribution in [2.75, 3.05) is 6.54 Å². The smallest absolute Gasteiger partial charge is 0.354 e. The normalized spacial score (nSPS) is 13.9. The highest BCUT2D eigenvalue weighted by Gasteiger charge is 2.30. The number of amides is 1. The molecule has 0 radical (unpaired) electrons. The summed E-state index contributed by atoms with van der Waals surface area (Å²) in [4.78, 5) is 11.9. The zero-order valence-electron chi connectivity index (χ0n) is 12.4. The molecule has 3 nitrogen and oxygen atoms in total. The van der Waals surface area contributed by atoms with Crippen LogP contribution >= 0.6 is 0 Å². The first-order valence-electron chi connectivity index (χ1n) is 6.72. The van der Waals surface area contributed by atoms with Gasteiger partial charge in [0, 0.05) is 18.0 Å². The van der Waals surface area contributed by atoms with Crippen LogP contribution in [0.4, 0.5) is 13.2 Å². The number of hydrogen-bond donors (Lipinski definition) is 2. The molecule has 0 heterocycles. The number of benzene rings is 1. The number of nitrogens with two attached hydrogens (primary N) is 1. The molecular weight excluding hydrogens is 281 g/mol. The van der Waals surface area contributed by atoms with Gasteiger partial charge in [-0.25, -0.2) is 0 Å². The Labute approximate surface area is 122 Å². The fraction of sp³-hybridized carbons (Fsp3) is 0.533. The molecule has 0 saturated carbocycles. The molecule has 21 heavy (non-hydrogen) atoms. The molecule has 0 aliphatic heterocycles. The predicted molar refractivity (Wildman–Crippen MR) is 75.6 cm³/mol. The Morgan fingerprint density at radius 3 is 2.48 bits per heavy atom. The molecular formula is C15H21F3N2O. The number of alkyl halides is 3. The first-order chi connectivity index (χ1) is 9.49. The van der Waals surface area contributed by atoms with E-state index in [-0.39, 0.29) is 12.3 Å². The lowest BCUT2D eigenvalue weighted by Crippen LogP contribution is -2.46. The highest BCUT2D eigenvalue weighted by Crippen LogP contribution is 2.29. The van der Waals surface area contributed by atoms with E-state index in [1.54, 1.807) is 26.8 Å². The SMILES string of the molecule is CC(Cc1cccc(C(F)(F)F)c1)C(=O)NCC(C)(C)N. The van der Waals surface area contributed by atoms with E-state index in [1.807, 2.05) is 0 Å². The maximum Gasteiger partial charge on any atom is 0.416 e. The summed E-state index contributed by atoms with van der Waals surface area (Å²) in [5.41, 5.74) is 5.03. The molecule has 1 atom stereocenters. The second-order valence-electron chi connectivity index (χ2n) is 6.01. The monoisotopic (exact) mass is 302 g/mol. The van der Waals surface area contributed by atoms with Crippen molar-refractivity contribution in [3.63, 3.8) is 0 Å². The molecule has 0 aliphatic rings. The summed E-state index contributed by atoms with van der Waals surface area (Å²) in [7, 11) is 0. The first kappa shape index (κ1) is 17.5. The van der Waals surface area contributed by atoms with Crippen LogP contribution in [0.15, 0.2) is 24.3 Å². The van der Waals surface area contributed by atoms with Crippen molar-refractivity contribution in [3.8, 4) is 0 Å². The van der Waals surface area contributed by atoms with Gasteiger partial charge < -0.3 is 11.1 Å². The number of carbonyl (C=O) groups excluding carboxylic acids is 1. The van der Waals surface area contributed by atoms with E-state index in [2.05, 4.69) is 5.32 Å². The van der Waals surface area contributed by atoms with Gasteiger partial charge >= 0.3 is 6.18 Å². The standard InChI is InChI=1S/C15H21F3N2O/c1-10(13(21)20-9-14(2,3)19)7-11-5-4-6-12(8-11)15(16,17)18/h4-6,8,10H,7,9,19H2,1-3H3,(H,20,21). The molecule has 1 rings (SSSR count). The van der Waals surface area contributed by atoms with Crippen LogP contribution < -0.4 is 11.1 Å².